The molecule has 24 heavy (non-hydrogen) atoms. The average molecular weight is 327 g/mol. The topological polar surface area (TPSA) is 67.2 Å². The second-order valence-electron chi connectivity index (χ2n) is 6.76. The number of rotatable bonds is 7. The summed E-state index contributed by atoms with van der Waals surface area (Å²) in [6, 6.07) is 9.39. The van der Waals surface area contributed by atoms with Crippen LogP contribution in [-0.2, 0) is 12.1 Å². The SMILES string of the molecule is CCCn1ncc(C(=O)NCC(C)(O)c2ccccc2)c1C1CC1. The molecule has 5 heteroatoms. The van der Waals surface area contributed by atoms with Crippen molar-refractivity contribution in [3.05, 3.63) is 53.3 Å². The van der Waals surface area contributed by atoms with Crippen molar-refractivity contribution < 1.29 is 9.90 Å². The predicted octanol–water partition coefficient (Wildman–Crippen LogP) is 2.81. The molecular formula is C19H25N3O2. The van der Waals surface area contributed by atoms with Gasteiger partial charge in [0, 0.05) is 12.5 Å². The summed E-state index contributed by atoms with van der Waals surface area (Å²) in [5.41, 5.74) is 1.38. The van der Waals surface area contributed by atoms with Crippen molar-refractivity contribution in [3.8, 4) is 0 Å². The Hall–Kier alpha value is -2.14. The number of nitrogens with one attached hydrogen (secondary N) is 1. The monoisotopic (exact) mass is 327 g/mol. The first-order chi connectivity index (χ1) is 11.5. The molecule has 1 amide bonds. The minimum Gasteiger partial charge on any atom is -0.384 e. The van der Waals surface area contributed by atoms with Gasteiger partial charge in [-0.15, -0.1) is 0 Å². The van der Waals surface area contributed by atoms with Gasteiger partial charge in [0.05, 0.1) is 24.0 Å². The second-order valence-corrected chi connectivity index (χ2v) is 6.76. The summed E-state index contributed by atoms with van der Waals surface area (Å²) in [7, 11) is 0. The van der Waals surface area contributed by atoms with E-state index in [4.69, 9.17) is 0 Å². The third-order valence-corrected chi connectivity index (χ3v) is 4.51. The van der Waals surface area contributed by atoms with Crippen LogP contribution in [0.25, 0.3) is 0 Å². The van der Waals surface area contributed by atoms with Gasteiger partial charge < -0.3 is 10.4 Å². The van der Waals surface area contributed by atoms with Gasteiger partial charge in [0.2, 0.25) is 0 Å². The molecule has 2 aromatic rings. The molecule has 1 unspecified atom stereocenters. The van der Waals surface area contributed by atoms with Crippen LogP contribution in [0.15, 0.2) is 36.5 Å². The Morgan fingerprint density at radius 1 is 1.38 bits per heavy atom. The first-order valence-corrected chi connectivity index (χ1v) is 8.64. The average Bonchev–Trinajstić information content (AvgIpc) is 3.34. The van der Waals surface area contributed by atoms with E-state index in [0.717, 1.165) is 37.1 Å². The van der Waals surface area contributed by atoms with Crippen LogP contribution in [0.2, 0.25) is 0 Å². The Kier molecular flexibility index (Phi) is 4.71. The largest absolute Gasteiger partial charge is 0.384 e. The summed E-state index contributed by atoms with van der Waals surface area (Å²) in [5, 5.41) is 17.9. The van der Waals surface area contributed by atoms with Crippen LogP contribution in [-0.4, -0.2) is 27.3 Å². The lowest BCUT2D eigenvalue weighted by Gasteiger charge is -2.24. The predicted molar refractivity (Wildman–Crippen MR) is 92.8 cm³/mol. The summed E-state index contributed by atoms with van der Waals surface area (Å²) < 4.78 is 1.96. The van der Waals surface area contributed by atoms with E-state index < -0.39 is 5.60 Å². The van der Waals surface area contributed by atoms with Crippen molar-refractivity contribution in [2.75, 3.05) is 6.54 Å². The first kappa shape index (κ1) is 16.7. The molecule has 5 nitrogen and oxygen atoms in total. The normalized spacial score (nSPS) is 16.6. The molecule has 0 bridgehead atoms. The zero-order valence-electron chi connectivity index (χ0n) is 14.3. The molecule has 1 aliphatic rings. The van der Waals surface area contributed by atoms with Gasteiger partial charge in [-0.1, -0.05) is 37.3 Å². The fourth-order valence-electron chi connectivity index (χ4n) is 2.99. The van der Waals surface area contributed by atoms with Gasteiger partial charge in [0.15, 0.2) is 0 Å². The molecule has 0 aliphatic heterocycles. The molecule has 1 aromatic heterocycles. The highest BCUT2D eigenvalue weighted by Crippen LogP contribution is 2.41. The molecule has 0 spiro atoms. The van der Waals surface area contributed by atoms with E-state index in [1.54, 1.807) is 13.1 Å². The van der Waals surface area contributed by atoms with Gasteiger partial charge in [-0.05, 0) is 31.7 Å². The first-order valence-electron chi connectivity index (χ1n) is 8.64. The Bertz CT molecular complexity index is 703. The van der Waals surface area contributed by atoms with Crippen molar-refractivity contribution in [2.45, 2.75) is 51.2 Å². The number of carbonyl (C=O) groups excluding carboxylic acids is 1. The minimum absolute atomic E-state index is 0.157. The zero-order valence-corrected chi connectivity index (χ0v) is 14.3. The smallest absolute Gasteiger partial charge is 0.254 e. The Labute approximate surface area is 142 Å². The number of carbonyl (C=O) groups is 1. The van der Waals surface area contributed by atoms with Gasteiger partial charge in [0.1, 0.15) is 5.60 Å². The molecule has 0 radical (unpaired) electrons. The Balaban J connectivity index is 1.71. The molecule has 128 valence electrons. The van der Waals surface area contributed by atoms with E-state index in [2.05, 4.69) is 17.3 Å². The molecule has 1 aliphatic carbocycles. The number of benzene rings is 1. The Morgan fingerprint density at radius 3 is 2.71 bits per heavy atom. The van der Waals surface area contributed by atoms with Gasteiger partial charge in [-0.2, -0.15) is 5.10 Å². The second kappa shape index (κ2) is 6.77. The van der Waals surface area contributed by atoms with Crippen molar-refractivity contribution in [2.24, 2.45) is 0 Å². The van der Waals surface area contributed by atoms with Crippen LogP contribution in [0.3, 0.4) is 0 Å². The van der Waals surface area contributed by atoms with Crippen LogP contribution in [0.1, 0.15) is 60.6 Å². The molecule has 2 N–H and O–H groups in total. The van der Waals surface area contributed by atoms with Crippen LogP contribution in [0.4, 0.5) is 0 Å². The van der Waals surface area contributed by atoms with E-state index in [1.165, 1.54) is 0 Å². The van der Waals surface area contributed by atoms with Crippen LogP contribution in [0.5, 0.6) is 0 Å². The van der Waals surface area contributed by atoms with Crippen molar-refractivity contribution in [3.63, 3.8) is 0 Å². The highest BCUT2D eigenvalue weighted by atomic mass is 16.3. The highest BCUT2D eigenvalue weighted by molar-refractivity contribution is 5.95. The third-order valence-electron chi connectivity index (χ3n) is 4.51. The van der Waals surface area contributed by atoms with Gasteiger partial charge in [-0.3, -0.25) is 9.48 Å². The standard InChI is InChI=1S/C19H25N3O2/c1-3-11-22-17(14-9-10-14)16(12-21-22)18(23)20-13-19(2,24)15-7-5-4-6-8-15/h4-8,12,14,24H,3,9-11,13H2,1-2H3,(H,20,23). The molecule has 1 atom stereocenters. The number of aliphatic hydroxyl groups is 1. The van der Waals surface area contributed by atoms with Gasteiger partial charge in [0.25, 0.3) is 5.91 Å². The van der Waals surface area contributed by atoms with Gasteiger partial charge in [-0.25, -0.2) is 0 Å². The van der Waals surface area contributed by atoms with Crippen LogP contribution < -0.4 is 5.32 Å². The third kappa shape index (κ3) is 3.51. The summed E-state index contributed by atoms with van der Waals surface area (Å²) in [4.78, 5) is 12.6. The molecule has 1 fully saturated rings. The van der Waals surface area contributed by atoms with Crippen molar-refractivity contribution in [1.29, 1.82) is 0 Å². The molecular weight excluding hydrogens is 302 g/mol. The van der Waals surface area contributed by atoms with Crippen LogP contribution in [0, 0.1) is 0 Å². The van der Waals surface area contributed by atoms with E-state index in [-0.39, 0.29) is 12.5 Å². The lowest BCUT2D eigenvalue weighted by atomic mass is 9.96. The maximum Gasteiger partial charge on any atom is 0.254 e. The summed E-state index contributed by atoms with van der Waals surface area (Å²) in [5.74, 6) is 0.296. The highest BCUT2D eigenvalue weighted by Gasteiger charge is 2.33. The lowest BCUT2D eigenvalue weighted by Crippen LogP contribution is -2.38. The van der Waals surface area contributed by atoms with E-state index >= 15 is 0 Å². The summed E-state index contributed by atoms with van der Waals surface area (Å²) in [6.07, 6.45) is 4.90. The lowest BCUT2D eigenvalue weighted by molar-refractivity contribution is 0.0526. The minimum atomic E-state index is -1.10. The number of amides is 1. The summed E-state index contributed by atoms with van der Waals surface area (Å²) >= 11 is 0. The number of aryl methyl sites for hydroxylation is 1. The molecule has 0 saturated heterocycles. The van der Waals surface area contributed by atoms with Crippen molar-refractivity contribution in [1.82, 2.24) is 15.1 Å². The quantitative estimate of drug-likeness (QED) is 0.822. The number of hydrogen-bond donors (Lipinski definition) is 2. The fourth-order valence-corrected chi connectivity index (χ4v) is 2.99. The molecule has 1 saturated carbocycles. The number of aromatic nitrogens is 2. The molecule has 1 aromatic carbocycles. The molecule has 1 heterocycles. The summed E-state index contributed by atoms with van der Waals surface area (Å²) in [6.45, 7) is 4.82. The zero-order chi connectivity index (χ0) is 17.2. The number of nitrogens with zero attached hydrogens (tertiary/aromatic N) is 2. The van der Waals surface area contributed by atoms with E-state index in [1.807, 2.05) is 35.0 Å². The Morgan fingerprint density at radius 2 is 2.08 bits per heavy atom. The number of hydrogen-bond acceptors (Lipinski definition) is 3. The maximum absolute atomic E-state index is 12.6. The van der Waals surface area contributed by atoms with E-state index in [0.29, 0.717) is 11.5 Å². The fraction of sp³-hybridized carbons (Fsp3) is 0.474. The maximum atomic E-state index is 12.6. The van der Waals surface area contributed by atoms with Crippen LogP contribution >= 0.6 is 0 Å². The molecule has 3 rings (SSSR count). The van der Waals surface area contributed by atoms with Crippen molar-refractivity contribution >= 4 is 5.91 Å². The van der Waals surface area contributed by atoms with E-state index in [9.17, 15) is 9.90 Å². The van der Waals surface area contributed by atoms with Gasteiger partial charge >= 0.3 is 0 Å².